The standard InChI is InChI=1S/C20H20N4O5/c1-13-11-18(25)21-16-5-3-4-6-17(16)23(13)19(26)12-22(2)20(27)14-7-9-15(10-8-14)24(28)29/h3-10,13H,11-12H2,1-2H3,(H,21,25)/t13-/m1/s1. The van der Waals surface area contributed by atoms with E-state index in [1.54, 1.807) is 31.2 Å². The molecule has 9 heteroatoms. The van der Waals surface area contributed by atoms with Crippen molar-refractivity contribution in [3.05, 3.63) is 64.2 Å². The summed E-state index contributed by atoms with van der Waals surface area (Å²) in [6.07, 6.45) is 0.139. The minimum absolute atomic E-state index is 0.118. The zero-order valence-corrected chi connectivity index (χ0v) is 16.0. The van der Waals surface area contributed by atoms with Gasteiger partial charge in [0, 0.05) is 37.2 Å². The van der Waals surface area contributed by atoms with Crippen molar-refractivity contribution in [2.75, 3.05) is 23.8 Å². The van der Waals surface area contributed by atoms with E-state index in [9.17, 15) is 24.5 Å². The van der Waals surface area contributed by atoms with Gasteiger partial charge in [-0.3, -0.25) is 24.5 Å². The zero-order chi connectivity index (χ0) is 21.1. The van der Waals surface area contributed by atoms with Crippen molar-refractivity contribution in [1.29, 1.82) is 0 Å². The molecule has 1 atom stereocenters. The lowest BCUT2D eigenvalue weighted by Crippen LogP contribution is -2.45. The minimum Gasteiger partial charge on any atom is -0.332 e. The van der Waals surface area contributed by atoms with Gasteiger partial charge < -0.3 is 15.1 Å². The van der Waals surface area contributed by atoms with Gasteiger partial charge in [-0.25, -0.2) is 0 Å². The molecule has 0 unspecified atom stereocenters. The zero-order valence-electron chi connectivity index (χ0n) is 16.0. The topological polar surface area (TPSA) is 113 Å². The molecule has 29 heavy (non-hydrogen) atoms. The molecule has 3 amide bonds. The van der Waals surface area contributed by atoms with Gasteiger partial charge in [-0.15, -0.1) is 0 Å². The van der Waals surface area contributed by atoms with Crippen LogP contribution >= 0.6 is 0 Å². The average molecular weight is 396 g/mol. The van der Waals surface area contributed by atoms with Gasteiger partial charge in [-0.05, 0) is 31.2 Å². The highest BCUT2D eigenvalue weighted by molar-refractivity contribution is 6.06. The molecule has 0 saturated carbocycles. The first kappa shape index (κ1) is 20.0. The second-order valence-corrected chi connectivity index (χ2v) is 6.85. The molecule has 2 aromatic carbocycles. The summed E-state index contributed by atoms with van der Waals surface area (Å²) in [5.74, 6) is -0.951. The molecule has 0 bridgehead atoms. The van der Waals surface area contributed by atoms with Crippen LogP contribution in [0.25, 0.3) is 0 Å². The summed E-state index contributed by atoms with van der Waals surface area (Å²) in [4.78, 5) is 50.7. The number of nitro benzene ring substituents is 1. The Morgan fingerprint density at radius 2 is 1.86 bits per heavy atom. The van der Waals surface area contributed by atoms with Gasteiger partial charge in [0.1, 0.15) is 6.54 Å². The van der Waals surface area contributed by atoms with Crippen molar-refractivity contribution in [3.63, 3.8) is 0 Å². The Morgan fingerprint density at radius 3 is 2.52 bits per heavy atom. The molecule has 150 valence electrons. The first-order valence-corrected chi connectivity index (χ1v) is 8.99. The van der Waals surface area contributed by atoms with E-state index in [1.807, 2.05) is 0 Å². The molecule has 2 aromatic rings. The summed E-state index contributed by atoms with van der Waals surface area (Å²) in [5.41, 5.74) is 1.24. The van der Waals surface area contributed by atoms with E-state index in [1.165, 1.54) is 41.1 Å². The lowest BCUT2D eigenvalue weighted by molar-refractivity contribution is -0.384. The summed E-state index contributed by atoms with van der Waals surface area (Å²) < 4.78 is 0. The Labute approximate surface area is 167 Å². The number of hydrogen-bond donors (Lipinski definition) is 1. The Kier molecular flexibility index (Phi) is 5.58. The average Bonchev–Trinajstić information content (AvgIpc) is 2.81. The van der Waals surface area contributed by atoms with Gasteiger partial charge in [0.05, 0.1) is 16.3 Å². The number of fused-ring (bicyclic) bond motifs is 1. The predicted octanol–water partition coefficient (Wildman–Crippen LogP) is 2.43. The maximum atomic E-state index is 13.0. The molecule has 0 aromatic heterocycles. The van der Waals surface area contributed by atoms with Gasteiger partial charge in [0.15, 0.2) is 0 Å². The Hall–Kier alpha value is -3.75. The third-order valence-corrected chi connectivity index (χ3v) is 4.67. The van der Waals surface area contributed by atoms with Crippen molar-refractivity contribution < 1.29 is 19.3 Å². The molecule has 1 aliphatic rings. The van der Waals surface area contributed by atoms with Gasteiger partial charge in [-0.2, -0.15) is 0 Å². The van der Waals surface area contributed by atoms with Crippen molar-refractivity contribution in [3.8, 4) is 0 Å². The normalized spacial score (nSPS) is 15.7. The number of nitrogens with zero attached hydrogens (tertiary/aromatic N) is 3. The fraction of sp³-hybridized carbons (Fsp3) is 0.250. The number of non-ortho nitro benzene ring substituents is 1. The first-order valence-electron chi connectivity index (χ1n) is 8.99. The first-order chi connectivity index (χ1) is 13.8. The molecule has 1 heterocycles. The van der Waals surface area contributed by atoms with E-state index >= 15 is 0 Å². The molecule has 0 spiro atoms. The summed E-state index contributed by atoms with van der Waals surface area (Å²) >= 11 is 0. The number of carbonyl (C=O) groups excluding carboxylic acids is 3. The molecular weight excluding hydrogens is 376 g/mol. The second kappa shape index (κ2) is 8.09. The molecule has 0 saturated heterocycles. The van der Waals surface area contributed by atoms with E-state index in [4.69, 9.17) is 0 Å². The van der Waals surface area contributed by atoms with E-state index in [2.05, 4.69) is 5.32 Å². The quantitative estimate of drug-likeness (QED) is 0.630. The van der Waals surface area contributed by atoms with Crippen LogP contribution in [-0.4, -0.2) is 47.2 Å². The maximum absolute atomic E-state index is 13.0. The molecule has 9 nitrogen and oxygen atoms in total. The maximum Gasteiger partial charge on any atom is 0.269 e. The molecular formula is C20H20N4O5. The Morgan fingerprint density at radius 1 is 1.21 bits per heavy atom. The summed E-state index contributed by atoms with van der Waals surface area (Å²) in [5, 5.41) is 13.5. The largest absolute Gasteiger partial charge is 0.332 e. The van der Waals surface area contributed by atoms with Crippen LogP contribution in [0.5, 0.6) is 0 Å². The monoisotopic (exact) mass is 396 g/mol. The van der Waals surface area contributed by atoms with Crippen molar-refractivity contribution in [2.24, 2.45) is 0 Å². The number of benzene rings is 2. The third-order valence-electron chi connectivity index (χ3n) is 4.67. The van der Waals surface area contributed by atoms with Gasteiger partial charge >= 0.3 is 0 Å². The summed E-state index contributed by atoms with van der Waals surface area (Å²) in [6, 6.07) is 11.8. The van der Waals surface area contributed by atoms with E-state index < -0.39 is 10.8 Å². The molecule has 1 aliphatic heterocycles. The van der Waals surface area contributed by atoms with Crippen molar-refractivity contribution in [1.82, 2.24) is 4.90 Å². The number of para-hydroxylation sites is 2. The Balaban J connectivity index is 1.78. The van der Waals surface area contributed by atoms with E-state index in [-0.39, 0.29) is 42.1 Å². The van der Waals surface area contributed by atoms with Crippen LogP contribution in [0, 0.1) is 10.1 Å². The number of nitrogens with one attached hydrogen (secondary N) is 1. The van der Waals surface area contributed by atoms with Gasteiger partial charge in [0.2, 0.25) is 11.8 Å². The van der Waals surface area contributed by atoms with Crippen molar-refractivity contribution >= 4 is 34.8 Å². The number of nitro groups is 1. The highest BCUT2D eigenvalue weighted by Crippen LogP contribution is 2.31. The smallest absolute Gasteiger partial charge is 0.269 e. The third kappa shape index (κ3) is 4.23. The number of amides is 3. The lowest BCUT2D eigenvalue weighted by atomic mass is 10.1. The number of likely N-dealkylation sites (N-methyl/N-ethyl adjacent to an activating group) is 1. The highest BCUT2D eigenvalue weighted by atomic mass is 16.6. The molecule has 0 fully saturated rings. The minimum atomic E-state index is -0.547. The van der Waals surface area contributed by atoms with Crippen LogP contribution in [0.4, 0.5) is 17.1 Å². The fourth-order valence-electron chi connectivity index (χ4n) is 3.26. The van der Waals surface area contributed by atoms with Crippen LogP contribution in [0.15, 0.2) is 48.5 Å². The van der Waals surface area contributed by atoms with Gasteiger partial charge in [-0.1, -0.05) is 12.1 Å². The lowest BCUT2D eigenvalue weighted by Gasteiger charge is -2.29. The van der Waals surface area contributed by atoms with Crippen LogP contribution < -0.4 is 10.2 Å². The molecule has 0 aliphatic carbocycles. The number of carbonyl (C=O) groups is 3. The second-order valence-electron chi connectivity index (χ2n) is 6.85. The molecule has 3 rings (SSSR count). The molecule has 1 N–H and O–H groups in total. The van der Waals surface area contributed by atoms with Gasteiger partial charge in [0.25, 0.3) is 11.6 Å². The number of rotatable bonds is 4. The fourth-order valence-corrected chi connectivity index (χ4v) is 3.26. The van der Waals surface area contributed by atoms with E-state index in [0.717, 1.165) is 0 Å². The molecule has 0 radical (unpaired) electrons. The summed E-state index contributed by atoms with van der Waals surface area (Å²) in [6.45, 7) is 1.57. The van der Waals surface area contributed by atoms with Crippen LogP contribution in [0.1, 0.15) is 23.7 Å². The Bertz CT molecular complexity index is 973. The number of hydrogen-bond acceptors (Lipinski definition) is 5. The SMILES string of the molecule is C[C@@H]1CC(=O)Nc2ccccc2N1C(=O)CN(C)C(=O)c1ccc([N+](=O)[O-])cc1. The predicted molar refractivity (Wildman–Crippen MR) is 107 cm³/mol. The van der Waals surface area contributed by atoms with Crippen LogP contribution in [-0.2, 0) is 9.59 Å². The van der Waals surface area contributed by atoms with E-state index in [0.29, 0.717) is 11.4 Å². The highest BCUT2D eigenvalue weighted by Gasteiger charge is 2.30. The number of anilines is 2. The summed E-state index contributed by atoms with van der Waals surface area (Å²) in [7, 11) is 1.49. The van der Waals surface area contributed by atoms with Crippen LogP contribution in [0.3, 0.4) is 0 Å². The van der Waals surface area contributed by atoms with Crippen LogP contribution in [0.2, 0.25) is 0 Å². The van der Waals surface area contributed by atoms with Crippen molar-refractivity contribution in [2.45, 2.75) is 19.4 Å².